The van der Waals surface area contributed by atoms with Gasteiger partial charge in [0, 0.05) is 25.7 Å². The lowest BCUT2D eigenvalue weighted by atomic mass is 9.96. The molecule has 0 aromatic carbocycles. The lowest BCUT2D eigenvalue weighted by molar-refractivity contribution is 0.0955. The van der Waals surface area contributed by atoms with E-state index in [0.717, 1.165) is 44.6 Å². The molecule has 1 aromatic rings. The van der Waals surface area contributed by atoms with Crippen molar-refractivity contribution in [1.82, 2.24) is 15.2 Å². The Labute approximate surface area is 148 Å². The van der Waals surface area contributed by atoms with Crippen LogP contribution in [-0.2, 0) is 4.74 Å². The molecule has 1 unspecified atom stereocenters. The van der Waals surface area contributed by atoms with Gasteiger partial charge in [-0.25, -0.2) is 5.43 Å². The number of likely N-dealkylation sites (tertiary alicyclic amines) is 1. The highest BCUT2D eigenvalue weighted by Gasteiger charge is 2.23. The Balaban J connectivity index is 1.45. The minimum absolute atomic E-state index is 0.249. The Bertz CT molecular complexity index is 630. The molecule has 2 N–H and O–H groups in total. The Morgan fingerprint density at radius 1 is 1.48 bits per heavy atom. The highest BCUT2D eigenvalue weighted by Crippen LogP contribution is 2.20. The van der Waals surface area contributed by atoms with Crippen LogP contribution in [-0.4, -0.2) is 60.1 Å². The second-order valence-corrected chi connectivity index (χ2v) is 7.09. The van der Waals surface area contributed by atoms with Gasteiger partial charge in [0.25, 0.3) is 5.90 Å². The molecule has 138 valence electrons. The molecule has 0 aliphatic carbocycles. The standard InChI is InChI=1S/C18H28N4O3/c1-13-6-9-24-17(13)18-20-19-16(25-18)12-21(3)11-15-4-7-22(8-5-15)10-14(2)23/h6,9,12,14-15,19,23H,4-5,7-8,10-11H2,1-3H3. The maximum Gasteiger partial charge on any atom is 0.281 e. The normalized spacial score (nSPS) is 21.8. The van der Waals surface area contributed by atoms with Crippen molar-refractivity contribution in [3.63, 3.8) is 0 Å². The molecule has 7 heteroatoms. The van der Waals surface area contributed by atoms with Gasteiger partial charge in [-0.3, -0.25) is 0 Å². The zero-order valence-electron chi connectivity index (χ0n) is 15.2. The quantitative estimate of drug-likeness (QED) is 0.815. The number of hydrogen-bond donors (Lipinski definition) is 2. The summed E-state index contributed by atoms with van der Waals surface area (Å²) in [5.41, 5.74) is 3.91. The maximum atomic E-state index is 9.49. The van der Waals surface area contributed by atoms with Gasteiger partial charge in [-0.05, 0) is 51.8 Å². The molecule has 1 aromatic heterocycles. The Kier molecular flexibility index (Phi) is 5.65. The van der Waals surface area contributed by atoms with Crippen molar-refractivity contribution in [2.45, 2.75) is 32.8 Å². The van der Waals surface area contributed by atoms with Gasteiger partial charge in [0.1, 0.15) is 0 Å². The van der Waals surface area contributed by atoms with Crippen LogP contribution >= 0.6 is 0 Å². The van der Waals surface area contributed by atoms with E-state index >= 15 is 0 Å². The number of nitrogens with zero attached hydrogens (tertiary/aromatic N) is 3. The van der Waals surface area contributed by atoms with Crippen LogP contribution in [0.25, 0.3) is 0 Å². The van der Waals surface area contributed by atoms with Crippen LogP contribution in [0.3, 0.4) is 0 Å². The summed E-state index contributed by atoms with van der Waals surface area (Å²) in [5.74, 6) is 2.39. The minimum Gasteiger partial charge on any atom is -0.459 e. The molecule has 0 spiro atoms. The molecule has 3 rings (SSSR count). The lowest BCUT2D eigenvalue weighted by Crippen LogP contribution is -2.40. The summed E-state index contributed by atoms with van der Waals surface area (Å²) >= 11 is 0. The molecule has 25 heavy (non-hydrogen) atoms. The minimum atomic E-state index is -0.249. The first-order valence-corrected chi connectivity index (χ1v) is 8.89. The van der Waals surface area contributed by atoms with Crippen LogP contribution in [0.15, 0.2) is 33.9 Å². The summed E-state index contributed by atoms with van der Waals surface area (Å²) in [6.45, 7) is 7.67. The number of aliphatic hydroxyl groups is 1. The summed E-state index contributed by atoms with van der Waals surface area (Å²) in [6.07, 6.45) is 5.64. The summed E-state index contributed by atoms with van der Waals surface area (Å²) < 4.78 is 11.1. The lowest BCUT2D eigenvalue weighted by Gasteiger charge is -2.34. The maximum absolute atomic E-state index is 9.49. The first kappa shape index (κ1) is 17.8. The highest BCUT2D eigenvalue weighted by atomic mass is 16.5. The number of nitrogens with one attached hydrogen (secondary N) is 1. The summed E-state index contributed by atoms with van der Waals surface area (Å²) in [7, 11) is 2.05. The van der Waals surface area contributed by atoms with E-state index in [-0.39, 0.29) is 6.10 Å². The third-order valence-electron chi connectivity index (χ3n) is 4.64. The Hall–Kier alpha value is -1.99. The molecule has 2 aliphatic heterocycles. The number of furan rings is 1. The summed E-state index contributed by atoms with van der Waals surface area (Å²) in [5, 5.41) is 13.7. The van der Waals surface area contributed by atoms with Crippen LogP contribution in [0.4, 0.5) is 0 Å². The first-order valence-electron chi connectivity index (χ1n) is 8.89. The van der Waals surface area contributed by atoms with Crippen LogP contribution in [0.5, 0.6) is 0 Å². The molecule has 7 nitrogen and oxygen atoms in total. The molecule has 1 atom stereocenters. The Morgan fingerprint density at radius 2 is 2.24 bits per heavy atom. The Morgan fingerprint density at radius 3 is 2.88 bits per heavy atom. The third-order valence-corrected chi connectivity index (χ3v) is 4.64. The predicted octanol–water partition coefficient (Wildman–Crippen LogP) is 1.69. The van der Waals surface area contributed by atoms with E-state index in [1.807, 2.05) is 26.1 Å². The average molecular weight is 348 g/mol. The van der Waals surface area contributed by atoms with E-state index < -0.39 is 0 Å². The molecule has 1 fully saturated rings. The van der Waals surface area contributed by atoms with E-state index in [2.05, 4.69) is 27.4 Å². The zero-order valence-corrected chi connectivity index (χ0v) is 15.2. The largest absolute Gasteiger partial charge is 0.459 e. The number of aliphatic hydroxyl groups excluding tert-OH is 1. The molecule has 2 aliphatic rings. The summed E-state index contributed by atoms with van der Waals surface area (Å²) in [4.78, 5) is 4.48. The van der Waals surface area contributed by atoms with E-state index in [1.54, 1.807) is 6.26 Å². The van der Waals surface area contributed by atoms with E-state index in [4.69, 9.17) is 9.15 Å². The van der Waals surface area contributed by atoms with Crippen molar-refractivity contribution in [3.8, 4) is 0 Å². The second-order valence-electron chi connectivity index (χ2n) is 7.09. The van der Waals surface area contributed by atoms with Gasteiger partial charge in [0.2, 0.25) is 5.88 Å². The number of rotatable bonds is 6. The van der Waals surface area contributed by atoms with E-state index in [0.29, 0.717) is 23.5 Å². The number of hydrazone groups is 1. The van der Waals surface area contributed by atoms with Crippen LogP contribution < -0.4 is 5.43 Å². The third kappa shape index (κ3) is 4.76. The van der Waals surface area contributed by atoms with Crippen LogP contribution in [0, 0.1) is 12.8 Å². The van der Waals surface area contributed by atoms with Crippen molar-refractivity contribution < 1.29 is 14.3 Å². The molecular weight excluding hydrogens is 320 g/mol. The van der Waals surface area contributed by atoms with Gasteiger partial charge in [0.15, 0.2) is 5.76 Å². The monoisotopic (exact) mass is 348 g/mol. The predicted molar refractivity (Wildman–Crippen MR) is 95.8 cm³/mol. The van der Waals surface area contributed by atoms with Gasteiger partial charge in [-0.1, -0.05) is 0 Å². The molecular formula is C18H28N4O3. The fourth-order valence-electron chi connectivity index (χ4n) is 3.39. The van der Waals surface area contributed by atoms with Gasteiger partial charge in [-0.15, -0.1) is 5.10 Å². The van der Waals surface area contributed by atoms with Crippen LogP contribution in [0.1, 0.15) is 31.1 Å². The molecule has 1 saturated heterocycles. The van der Waals surface area contributed by atoms with Gasteiger partial charge in [-0.2, -0.15) is 0 Å². The SMILES string of the molecule is Cc1ccoc1C1=NNC(=CN(C)CC2CCN(CC(C)O)CC2)O1. The van der Waals surface area contributed by atoms with E-state index in [1.165, 1.54) is 0 Å². The van der Waals surface area contributed by atoms with Crippen molar-refractivity contribution in [2.75, 3.05) is 33.2 Å². The van der Waals surface area contributed by atoms with Gasteiger partial charge in [0.05, 0.1) is 18.6 Å². The molecule has 3 heterocycles. The van der Waals surface area contributed by atoms with Crippen molar-refractivity contribution in [1.29, 1.82) is 0 Å². The topological polar surface area (TPSA) is 73.5 Å². The summed E-state index contributed by atoms with van der Waals surface area (Å²) in [6, 6.07) is 1.89. The highest BCUT2D eigenvalue weighted by molar-refractivity contribution is 5.94. The number of aryl methyl sites for hydroxylation is 1. The number of β-amino-alcohol motifs (C(OH)–C–C–N with tert-alkyl or cyclic N) is 1. The number of ether oxygens (including phenoxy) is 1. The fraction of sp³-hybridized carbons (Fsp3) is 0.611. The number of piperidine rings is 1. The fourth-order valence-corrected chi connectivity index (χ4v) is 3.39. The van der Waals surface area contributed by atoms with Gasteiger partial charge < -0.3 is 24.1 Å². The molecule has 0 saturated carbocycles. The second kappa shape index (κ2) is 7.93. The molecule has 0 bridgehead atoms. The smallest absolute Gasteiger partial charge is 0.281 e. The van der Waals surface area contributed by atoms with Crippen LogP contribution in [0.2, 0.25) is 0 Å². The van der Waals surface area contributed by atoms with E-state index in [9.17, 15) is 5.11 Å². The van der Waals surface area contributed by atoms with Gasteiger partial charge >= 0.3 is 0 Å². The van der Waals surface area contributed by atoms with Crippen molar-refractivity contribution in [3.05, 3.63) is 35.7 Å². The van der Waals surface area contributed by atoms with Crippen molar-refractivity contribution in [2.24, 2.45) is 11.0 Å². The van der Waals surface area contributed by atoms with Crippen molar-refractivity contribution >= 4 is 5.90 Å². The average Bonchev–Trinajstić information content (AvgIpc) is 3.17. The first-order chi connectivity index (χ1) is 12.0. The molecule has 0 radical (unpaired) electrons. The number of hydrogen-bond acceptors (Lipinski definition) is 7. The molecule has 0 amide bonds. The zero-order chi connectivity index (χ0) is 17.8.